The first-order chi connectivity index (χ1) is 9.22. The molecule has 0 saturated carbocycles. The topological polar surface area (TPSA) is 34.2 Å². The van der Waals surface area contributed by atoms with Gasteiger partial charge in [0.1, 0.15) is 5.82 Å². The molecule has 1 N–H and O–H groups in total. The average Bonchev–Trinajstić information content (AvgIpc) is 2.81. The van der Waals surface area contributed by atoms with E-state index in [9.17, 15) is 4.39 Å². The van der Waals surface area contributed by atoms with Gasteiger partial charge in [0.25, 0.3) is 0 Å². The van der Waals surface area contributed by atoms with Crippen LogP contribution in [-0.4, -0.2) is 24.2 Å². The van der Waals surface area contributed by atoms with Crippen LogP contribution in [0.5, 0.6) is 0 Å². The maximum atomic E-state index is 13.1. The Morgan fingerprint density at radius 1 is 1.42 bits per heavy atom. The molecule has 0 bridgehead atoms. The number of benzene rings is 1. The van der Waals surface area contributed by atoms with Crippen LogP contribution in [0.2, 0.25) is 0 Å². The molecule has 1 aromatic carbocycles. The Morgan fingerprint density at radius 2 is 2.21 bits per heavy atom. The van der Waals surface area contributed by atoms with Gasteiger partial charge in [-0.2, -0.15) is 0 Å². The molecule has 1 aromatic heterocycles. The summed E-state index contributed by atoms with van der Waals surface area (Å²) in [6.07, 6.45) is 2.18. The number of halogens is 1. The van der Waals surface area contributed by atoms with Gasteiger partial charge in [0, 0.05) is 19.3 Å². The monoisotopic (exact) mass is 280 g/mol. The molecule has 102 valence electrons. The van der Waals surface area contributed by atoms with Gasteiger partial charge in [-0.15, -0.1) is 0 Å². The number of anilines is 1. The van der Waals surface area contributed by atoms with E-state index in [-0.39, 0.29) is 5.82 Å². The molecule has 1 atom stereocenters. The van der Waals surface area contributed by atoms with Crippen LogP contribution in [-0.2, 0) is 4.74 Å². The summed E-state index contributed by atoms with van der Waals surface area (Å²) in [5.74, 6) is 0.415. The first-order valence-electron chi connectivity index (χ1n) is 6.63. The fourth-order valence-corrected chi connectivity index (χ4v) is 3.48. The number of thiazole rings is 1. The normalized spacial score (nSPS) is 18.6. The van der Waals surface area contributed by atoms with E-state index in [1.54, 1.807) is 6.07 Å². The van der Waals surface area contributed by atoms with Crippen molar-refractivity contribution >= 4 is 26.7 Å². The standard InChI is InChI=1S/C14H17FN2OS/c1-9(10-4-6-18-7-5-10)16-14-17-12-3-2-11(15)8-13(12)19-14/h2-3,8-10H,4-7H2,1H3,(H,16,17). The van der Waals surface area contributed by atoms with E-state index in [1.807, 2.05) is 0 Å². The average molecular weight is 280 g/mol. The van der Waals surface area contributed by atoms with Crippen LogP contribution in [0.1, 0.15) is 19.8 Å². The molecular weight excluding hydrogens is 263 g/mol. The summed E-state index contributed by atoms with van der Waals surface area (Å²) in [5.41, 5.74) is 0.855. The minimum absolute atomic E-state index is 0.208. The van der Waals surface area contributed by atoms with Gasteiger partial charge < -0.3 is 10.1 Å². The van der Waals surface area contributed by atoms with E-state index in [1.165, 1.54) is 23.5 Å². The number of nitrogens with one attached hydrogen (secondary N) is 1. The van der Waals surface area contributed by atoms with Crippen LogP contribution < -0.4 is 5.32 Å². The summed E-state index contributed by atoms with van der Waals surface area (Å²) in [5, 5.41) is 4.32. The third kappa shape index (κ3) is 2.87. The highest BCUT2D eigenvalue weighted by atomic mass is 32.1. The third-order valence-corrected chi connectivity index (χ3v) is 4.62. The smallest absolute Gasteiger partial charge is 0.184 e. The maximum absolute atomic E-state index is 13.1. The minimum Gasteiger partial charge on any atom is -0.381 e. The molecule has 0 radical (unpaired) electrons. The number of rotatable bonds is 3. The first-order valence-corrected chi connectivity index (χ1v) is 7.44. The van der Waals surface area contributed by atoms with Gasteiger partial charge in [-0.1, -0.05) is 11.3 Å². The van der Waals surface area contributed by atoms with Crippen LogP contribution >= 0.6 is 11.3 Å². The minimum atomic E-state index is -0.208. The van der Waals surface area contributed by atoms with Crippen molar-refractivity contribution in [2.45, 2.75) is 25.8 Å². The highest BCUT2D eigenvalue weighted by Gasteiger charge is 2.21. The lowest BCUT2D eigenvalue weighted by atomic mass is 9.93. The Morgan fingerprint density at radius 3 is 3.00 bits per heavy atom. The van der Waals surface area contributed by atoms with Crippen molar-refractivity contribution in [1.82, 2.24) is 4.98 Å². The van der Waals surface area contributed by atoms with Crippen molar-refractivity contribution in [3.05, 3.63) is 24.0 Å². The van der Waals surface area contributed by atoms with E-state index in [2.05, 4.69) is 17.2 Å². The van der Waals surface area contributed by atoms with Crippen LogP contribution in [0.3, 0.4) is 0 Å². The Balaban J connectivity index is 1.73. The van der Waals surface area contributed by atoms with Crippen molar-refractivity contribution in [1.29, 1.82) is 0 Å². The predicted molar refractivity (Wildman–Crippen MR) is 76.2 cm³/mol. The van der Waals surface area contributed by atoms with Gasteiger partial charge in [-0.25, -0.2) is 9.37 Å². The van der Waals surface area contributed by atoms with Crippen LogP contribution in [0.15, 0.2) is 18.2 Å². The fourth-order valence-electron chi connectivity index (χ4n) is 2.49. The number of hydrogen-bond acceptors (Lipinski definition) is 4. The van der Waals surface area contributed by atoms with Gasteiger partial charge in [-0.05, 0) is 43.9 Å². The first kappa shape index (κ1) is 12.8. The van der Waals surface area contributed by atoms with Gasteiger partial charge in [0.15, 0.2) is 5.13 Å². The largest absolute Gasteiger partial charge is 0.381 e. The maximum Gasteiger partial charge on any atom is 0.184 e. The van der Waals surface area contributed by atoms with E-state index >= 15 is 0 Å². The van der Waals surface area contributed by atoms with Crippen LogP contribution in [0.4, 0.5) is 9.52 Å². The van der Waals surface area contributed by atoms with E-state index in [4.69, 9.17) is 4.74 Å². The molecule has 3 rings (SSSR count). The Bertz CT molecular complexity index is 566. The summed E-state index contributed by atoms with van der Waals surface area (Å²) in [6, 6.07) is 5.09. The molecule has 0 aliphatic carbocycles. The van der Waals surface area contributed by atoms with Crippen LogP contribution in [0, 0.1) is 11.7 Å². The van der Waals surface area contributed by atoms with Crippen molar-refractivity contribution in [2.75, 3.05) is 18.5 Å². The lowest BCUT2D eigenvalue weighted by Gasteiger charge is -2.28. The SMILES string of the molecule is CC(Nc1nc2ccc(F)cc2s1)C1CCOCC1. The highest BCUT2D eigenvalue weighted by molar-refractivity contribution is 7.22. The molecule has 5 heteroatoms. The van der Waals surface area contributed by atoms with Crippen molar-refractivity contribution in [2.24, 2.45) is 5.92 Å². The summed E-state index contributed by atoms with van der Waals surface area (Å²) in [6.45, 7) is 3.88. The zero-order chi connectivity index (χ0) is 13.2. The summed E-state index contributed by atoms with van der Waals surface area (Å²) < 4.78 is 19.4. The molecule has 1 saturated heterocycles. The Hall–Kier alpha value is -1.20. The molecule has 19 heavy (non-hydrogen) atoms. The predicted octanol–water partition coefficient (Wildman–Crippen LogP) is 3.66. The van der Waals surface area contributed by atoms with Crippen LogP contribution in [0.25, 0.3) is 10.2 Å². The second-order valence-corrected chi connectivity index (χ2v) is 6.04. The summed E-state index contributed by atoms with van der Waals surface area (Å²) in [7, 11) is 0. The van der Waals surface area contributed by atoms with Gasteiger partial charge >= 0.3 is 0 Å². The number of hydrogen-bond donors (Lipinski definition) is 1. The molecule has 1 unspecified atom stereocenters. The van der Waals surface area contributed by atoms with Gasteiger partial charge in [-0.3, -0.25) is 0 Å². The molecule has 1 aliphatic rings. The quantitative estimate of drug-likeness (QED) is 0.931. The molecule has 0 spiro atoms. The summed E-state index contributed by atoms with van der Waals surface area (Å²) >= 11 is 1.51. The van der Waals surface area contributed by atoms with E-state index in [0.717, 1.165) is 41.4 Å². The molecule has 1 fully saturated rings. The van der Waals surface area contributed by atoms with Gasteiger partial charge in [0.05, 0.1) is 10.2 Å². The number of aromatic nitrogens is 1. The summed E-state index contributed by atoms with van der Waals surface area (Å²) in [4.78, 5) is 4.50. The lowest BCUT2D eigenvalue weighted by molar-refractivity contribution is 0.0622. The zero-order valence-electron chi connectivity index (χ0n) is 10.9. The molecule has 0 amide bonds. The zero-order valence-corrected chi connectivity index (χ0v) is 11.7. The molecule has 2 heterocycles. The van der Waals surface area contributed by atoms with E-state index < -0.39 is 0 Å². The van der Waals surface area contributed by atoms with E-state index in [0.29, 0.717) is 12.0 Å². The van der Waals surface area contributed by atoms with Crippen molar-refractivity contribution in [3.8, 4) is 0 Å². The second-order valence-electron chi connectivity index (χ2n) is 5.01. The second kappa shape index (κ2) is 5.43. The Kier molecular flexibility index (Phi) is 3.66. The lowest BCUT2D eigenvalue weighted by Crippen LogP contribution is -2.30. The number of fused-ring (bicyclic) bond motifs is 1. The molecular formula is C14H17FN2OS. The highest BCUT2D eigenvalue weighted by Crippen LogP contribution is 2.29. The molecule has 1 aliphatic heterocycles. The number of nitrogens with zero attached hydrogens (tertiary/aromatic N) is 1. The van der Waals surface area contributed by atoms with Crippen molar-refractivity contribution < 1.29 is 9.13 Å². The molecule has 3 nitrogen and oxygen atoms in total. The third-order valence-electron chi connectivity index (χ3n) is 3.67. The molecule has 2 aromatic rings. The Labute approximate surface area is 115 Å². The van der Waals surface area contributed by atoms with Gasteiger partial charge in [0.2, 0.25) is 0 Å². The number of ether oxygens (including phenoxy) is 1. The van der Waals surface area contributed by atoms with Crippen molar-refractivity contribution in [3.63, 3.8) is 0 Å². The fraction of sp³-hybridized carbons (Fsp3) is 0.500.